The first-order valence-corrected chi connectivity index (χ1v) is 4.67. The summed E-state index contributed by atoms with van der Waals surface area (Å²) in [4.78, 5) is 8.18. The van der Waals surface area contributed by atoms with Crippen molar-refractivity contribution in [3.05, 3.63) is 29.0 Å². The molecule has 0 fully saturated rings. The lowest BCUT2D eigenvalue weighted by Gasteiger charge is -2.08. The molecule has 1 heterocycles. The van der Waals surface area contributed by atoms with Crippen molar-refractivity contribution in [1.29, 1.82) is 0 Å². The zero-order valence-electron chi connectivity index (χ0n) is 8.16. The number of aliphatic imine (C=N–C) groups is 1. The molecule has 4 nitrogen and oxygen atoms in total. The quantitative estimate of drug-likeness (QED) is 0.337. The van der Waals surface area contributed by atoms with Gasteiger partial charge in [0.25, 0.3) is 0 Å². The Kier molecular flexibility index (Phi) is 3.85. The molecule has 0 aliphatic rings. The fraction of sp³-hybridized carbons (Fsp3) is 0.333. The van der Waals surface area contributed by atoms with Gasteiger partial charge in [-0.1, -0.05) is 11.6 Å². The van der Waals surface area contributed by atoms with E-state index in [1.54, 1.807) is 18.5 Å². The number of nitrogens with two attached hydrogens (primary N) is 1. The van der Waals surface area contributed by atoms with E-state index in [9.17, 15) is 0 Å². The number of rotatable bonds is 2. The Bertz CT molecular complexity index is 335. The SMILES string of the molecule is CC(C)N=C(NN)c1ccncc1Cl. The molecular formula is C9H13ClN4. The first kappa shape index (κ1) is 10.9. The molecule has 1 aromatic rings. The summed E-state index contributed by atoms with van der Waals surface area (Å²) in [6, 6.07) is 1.92. The normalized spacial score (nSPS) is 11.9. The summed E-state index contributed by atoms with van der Waals surface area (Å²) in [7, 11) is 0. The van der Waals surface area contributed by atoms with Crippen molar-refractivity contribution < 1.29 is 0 Å². The van der Waals surface area contributed by atoms with Gasteiger partial charge in [-0.05, 0) is 19.9 Å². The average molecular weight is 213 g/mol. The van der Waals surface area contributed by atoms with E-state index < -0.39 is 0 Å². The average Bonchev–Trinajstić information content (AvgIpc) is 2.15. The van der Waals surface area contributed by atoms with Crippen molar-refractivity contribution >= 4 is 17.4 Å². The molecular weight excluding hydrogens is 200 g/mol. The number of aromatic nitrogens is 1. The van der Waals surface area contributed by atoms with Crippen molar-refractivity contribution in [2.24, 2.45) is 10.8 Å². The van der Waals surface area contributed by atoms with Crippen LogP contribution in [0.4, 0.5) is 0 Å². The third kappa shape index (κ3) is 2.68. The number of nitrogens with one attached hydrogen (secondary N) is 1. The summed E-state index contributed by atoms with van der Waals surface area (Å²) in [5, 5.41) is 0.532. The molecule has 0 bridgehead atoms. The van der Waals surface area contributed by atoms with Crippen LogP contribution in [0.25, 0.3) is 0 Å². The fourth-order valence-electron chi connectivity index (χ4n) is 1.01. The van der Waals surface area contributed by atoms with E-state index in [1.807, 2.05) is 13.8 Å². The molecule has 0 spiro atoms. The van der Waals surface area contributed by atoms with Crippen LogP contribution in [0, 0.1) is 0 Å². The van der Waals surface area contributed by atoms with Gasteiger partial charge in [0.2, 0.25) is 0 Å². The molecule has 0 amide bonds. The highest BCUT2D eigenvalue weighted by atomic mass is 35.5. The highest BCUT2D eigenvalue weighted by Gasteiger charge is 2.06. The van der Waals surface area contributed by atoms with Gasteiger partial charge in [-0.2, -0.15) is 0 Å². The van der Waals surface area contributed by atoms with Crippen LogP contribution >= 0.6 is 11.6 Å². The first-order valence-electron chi connectivity index (χ1n) is 4.29. The lowest BCUT2D eigenvalue weighted by Crippen LogP contribution is -2.32. The Balaban J connectivity index is 3.07. The summed E-state index contributed by atoms with van der Waals surface area (Å²) in [5.41, 5.74) is 3.29. The minimum Gasteiger partial charge on any atom is -0.308 e. The topological polar surface area (TPSA) is 63.3 Å². The van der Waals surface area contributed by atoms with Crippen LogP contribution in [-0.4, -0.2) is 16.9 Å². The van der Waals surface area contributed by atoms with Crippen molar-refractivity contribution in [3.8, 4) is 0 Å². The van der Waals surface area contributed by atoms with E-state index in [1.165, 1.54) is 0 Å². The molecule has 0 atom stereocenters. The third-order valence-corrected chi connectivity index (χ3v) is 1.85. The molecule has 5 heteroatoms. The van der Waals surface area contributed by atoms with Gasteiger partial charge in [-0.25, -0.2) is 5.84 Å². The van der Waals surface area contributed by atoms with Crippen molar-refractivity contribution in [2.45, 2.75) is 19.9 Å². The zero-order valence-corrected chi connectivity index (χ0v) is 8.92. The van der Waals surface area contributed by atoms with E-state index in [0.717, 1.165) is 5.56 Å². The molecule has 14 heavy (non-hydrogen) atoms. The Morgan fingerprint density at radius 3 is 2.86 bits per heavy atom. The summed E-state index contributed by atoms with van der Waals surface area (Å²) in [6.45, 7) is 3.93. The van der Waals surface area contributed by atoms with Gasteiger partial charge in [0.1, 0.15) is 5.84 Å². The molecule has 0 aromatic carbocycles. The Hall–Kier alpha value is -1.13. The lowest BCUT2D eigenvalue weighted by molar-refractivity contribution is 0.820. The second kappa shape index (κ2) is 4.93. The van der Waals surface area contributed by atoms with Crippen LogP contribution in [0.1, 0.15) is 19.4 Å². The number of hydrogen-bond donors (Lipinski definition) is 2. The van der Waals surface area contributed by atoms with Gasteiger partial charge < -0.3 is 5.43 Å². The smallest absolute Gasteiger partial charge is 0.144 e. The van der Waals surface area contributed by atoms with E-state index in [2.05, 4.69) is 15.4 Å². The number of hydrogen-bond acceptors (Lipinski definition) is 3. The van der Waals surface area contributed by atoms with Gasteiger partial charge in [0, 0.05) is 24.0 Å². The Morgan fingerprint density at radius 1 is 1.64 bits per heavy atom. The summed E-state index contributed by atoms with van der Waals surface area (Å²) >= 11 is 5.94. The first-order chi connectivity index (χ1) is 6.65. The molecule has 76 valence electrons. The Morgan fingerprint density at radius 2 is 2.36 bits per heavy atom. The highest BCUT2D eigenvalue weighted by Crippen LogP contribution is 2.13. The predicted octanol–water partition coefficient (Wildman–Crippen LogP) is 1.35. The monoisotopic (exact) mass is 212 g/mol. The maximum atomic E-state index is 5.94. The number of nitrogens with zero attached hydrogens (tertiary/aromatic N) is 2. The number of amidine groups is 1. The van der Waals surface area contributed by atoms with Crippen LogP contribution in [0.5, 0.6) is 0 Å². The van der Waals surface area contributed by atoms with E-state index >= 15 is 0 Å². The van der Waals surface area contributed by atoms with Gasteiger partial charge in [-0.3, -0.25) is 9.98 Å². The summed E-state index contributed by atoms with van der Waals surface area (Å²) < 4.78 is 0. The van der Waals surface area contributed by atoms with Gasteiger partial charge in [0.05, 0.1) is 5.02 Å². The molecule has 0 aliphatic carbocycles. The second-order valence-electron chi connectivity index (χ2n) is 3.07. The number of halogens is 1. The van der Waals surface area contributed by atoms with Crippen LogP contribution in [0.3, 0.4) is 0 Å². The lowest BCUT2D eigenvalue weighted by atomic mass is 10.2. The molecule has 0 saturated heterocycles. The van der Waals surface area contributed by atoms with Gasteiger partial charge in [-0.15, -0.1) is 0 Å². The summed E-state index contributed by atoms with van der Waals surface area (Å²) in [6.07, 6.45) is 3.21. The highest BCUT2D eigenvalue weighted by molar-refractivity contribution is 6.33. The number of hydrazine groups is 1. The van der Waals surface area contributed by atoms with Crippen LogP contribution in [-0.2, 0) is 0 Å². The van der Waals surface area contributed by atoms with Gasteiger partial charge >= 0.3 is 0 Å². The fourth-order valence-corrected chi connectivity index (χ4v) is 1.22. The zero-order chi connectivity index (χ0) is 10.6. The Labute approximate surface area is 88.2 Å². The molecule has 1 aromatic heterocycles. The second-order valence-corrected chi connectivity index (χ2v) is 3.48. The van der Waals surface area contributed by atoms with Crippen molar-refractivity contribution in [2.75, 3.05) is 0 Å². The minimum atomic E-state index is 0.158. The summed E-state index contributed by atoms with van der Waals surface area (Å²) in [5.74, 6) is 5.94. The molecule has 0 saturated carbocycles. The van der Waals surface area contributed by atoms with E-state index in [4.69, 9.17) is 17.4 Å². The van der Waals surface area contributed by atoms with Crippen molar-refractivity contribution in [1.82, 2.24) is 10.4 Å². The van der Waals surface area contributed by atoms with E-state index in [-0.39, 0.29) is 6.04 Å². The van der Waals surface area contributed by atoms with Crippen LogP contribution in [0.15, 0.2) is 23.5 Å². The molecule has 3 N–H and O–H groups in total. The molecule has 0 unspecified atom stereocenters. The van der Waals surface area contributed by atoms with Crippen LogP contribution in [0.2, 0.25) is 5.02 Å². The maximum absolute atomic E-state index is 5.94. The predicted molar refractivity (Wildman–Crippen MR) is 58.2 cm³/mol. The van der Waals surface area contributed by atoms with Gasteiger partial charge in [0.15, 0.2) is 0 Å². The van der Waals surface area contributed by atoms with Crippen molar-refractivity contribution in [3.63, 3.8) is 0 Å². The minimum absolute atomic E-state index is 0.158. The molecule has 0 radical (unpaired) electrons. The number of pyridine rings is 1. The van der Waals surface area contributed by atoms with Crippen LogP contribution < -0.4 is 11.3 Å². The standard InChI is InChI=1S/C9H13ClN4/c1-6(2)13-9(14-11)7-3-4-12-5-8(7)10/h3-6H,11H2,1-2H3,(H,13,14). The third-order valence-electron chi connectivity index (χ3n) is 1.55. The maximum Gasteiger partial charge on any atom is 0.144 e. The molecule has 0 aliphatic heterocycles. The molecule has 1 rings (SSSR count). The largest absolute Gasteiger partial charge is 0.308 e. The van der Waals surface area contributed by atoms with E-state index in [0.29, 0.717) is 10.9 Å².